The molecule has 0 saturated heterocycles. The summed E-state index contributed by atoms with van der Waals surface area (Å²) in [5.74, 6) is -0.957. The van der Waals surface area contributed by atoms with Crippen LogP contribution in [0.3, 0.4) is 0 Å². The quantitative estimate of drug-likeness (QED) is 0.190. The number of hydrogen-bond acceptors (Lipinski definition) is 4. The van der Waals surface area contributed by atoms with Gasteiger partial charge >= 0.3 is 0 Å². The van der Waals surface area contributed by atoms with E-state index in [0.29, 0.717) is 0 Å². The van der Waals surface area contributed by atoms with Gasteiger partial charge in [0.2, 0.25) is 11.8 Å². The zero-order valence-electron chi connectivity index (χ0n) is 23.5. The minimum Gasteiger partial charge on any atom is -0.357 e. The van der Waals surface area contributed by atoms with Crippen LogP contribution in [0.2, 0.25) is 10.0 Å². The van der Waals surface area contributed by atoms with Crippen LogP contribution in [0.4, 0.5) is 5.69 Å². The van der Waals surface area contributed by atoms with Gasteiger partial charge in [0.15, 0.2) is 0 Å². The SMILES string of the molecule is CNC(=O)[C@@H](Cc1ccccc1)N(Cc1cccc(Br)c1)C(=O)CN(c1ccc(Cl)c(Cl)c1)S(=O)(=O)c1ccc(C)cc1. The average molecular weight is 703 g/mol. The fraction of sp³-hybridized carbons (Fsp3) is 0.188. The number of halogens is 3. The first kappa shape index (κ1) is 32.5. The molecule has 4 rings (SSSR count). The molecule has 0 saturated carbocycles. The highest BCUT2D eigenvalue weighted by atomic mass is 79.9. The Labute approximate surface area is 270 Å². The second kappa shape index (κ2) is 14.4. The Balaban J connectivity index is 1.80. The lowest BCUT2D eigenvalue weighted by atomic mass is 10.0. The number of amides is 2. The van der Waals surface area contributed by atoms with Crippen molar-refractivity contribution in [3.63, 3.8) is 0 Å². The molecule has 0 aromatic heterocycles. The van der Waals surface area contributed by atoms with Gasteiger partial charge in [-0.25, -0.2) is 8.42 Å². The Hall–Kier alpha value is -3.37. The molecule has 0 bridgehead atoms. The third kappa shape index (κ3) is 8.17. The zero-order valence-corrected chi connectivity index (χ0v) is 27.4. The number of sulfonamides is 1. The molecular weight excluding hydrogens is 673 g/mol. The van der Waals surface area contributed by atoms with Crippen LogP contribution < -0.4 is 9.62 Å². The van der Waals surface area contributed by atoms with Gasteiger partial charge in [-0.05, 0) is 60.5 Å². The number of benzene rings is 4. The lowest BCUT2D eigenvalue weighted by molar-refractivity contribution is -0.139. The van der Waals surface area contributed by atoms with Crippen molar-refractivity contribution in [3.8, 4) is 0 Å². The van der Waals surface area contributed by atoms with Crippen LogP contribution >= 0.6 is 39.1 Å². The van der Waals surface area contributed by atoms with Crippen LogP contribution in [0.15, 0.2) is 106 Å². The van der Waals surface area contributed by atoms with Gasteiger partial charge in [-0.15, -0.1) is 0 Å². The van der Waals surface area contributed by atoms with E-state index in [0.717, 1.165) is 25.5 Å². The lowest BCUT2D eigenvalue weighted by Gasteiger charge is -2.33. The fourth-order valence-corrected chi connectivity index (χ4v) is 6.70. The lowest BCUT2D eigenvalue weighted by Crippen LogP contribution is -2.53. The van der Waals surface area contributed by atoms with Crippen molar-refractivity contribution >= 4 is 66.7 Å². The van der Waals surface area contributed by atoms with Crippen LogP contribution in [-0.2, 0) is 32.6 Å². The van der Waals surface area contributed by atoms with Crippen LogP contribution in [0.1, 0.15) is 16.7 Å². The third-order valence-electron chi connectivity index (χ3n) is 6.84. The predicted octanol–water partition coefficient (Wildman–Crippen LogP) is 6.65. The van der Waals surface area contributed by atoms with Gasteiger partial charge in [-0.1, -0.05) is 99.3 Å². The molecule has 0 fully saturated rings. The standard InChI is InChI=1S/C32H30BrCl2N3O4S/c1-22-11-14-27(15-12-22)43(41,42)38(26-13-16-28(34)29(35)19-26)21-31(39)37(20-24-9-6-10-25(33)17-24)30(32(40)36-2)18-23-7-4-3-5-8-23/h3-17,19,30H,18,20-21H2,1-2H3,(H,36,40)/t30-/m1/s1. The molecule has 7 nitrogen and oxygen atoms in total. The Morgan fingerprint density at radius 1 is 0.860 bits per heavy atom. The van der Waals surface area contributed by atoms with E-state index in [1.165, 1.54) is 42.3 Å². The van der Waals surface area contributed by atoms with E-state index in [1.54, 1.807) is 12.1 Å². The molecule has 0 radical (unpaired) electrons. The van der Waals surface area contributed by atoms with E-state index in [-0.39, 0.29) is 39.5 Å². The smallest absolute Gasteiger partial charge is 0.264 e. The highest BCUT2D eigenvalue weighted by Gasteiger charge is 2.34. The van der Waals surface area contributed by atoms with Gasteiger partial charge in [0.1, 0.15) is 12.6 Å². The predicted molar refractivity (Wildman–Crippen MR) is 175 cm³/mol. The van der Waals surface area contributed by atoms with Crippen LogP contribution in [0.25, 0.3) is 0 Å². The summed E-state index contributed by atoms with van der Waals surface area (Å²) in [5, 5.41) is 3.04. The van der Waals surface area contributed by atoms with E-state index in [2.05, 4.69) is 21.2 Å². The molecular formula is C32H30BrCl2N3O4S. The maximum absolute atomic E-state index is 14.3. The maximum Gasteiger partial charge on any atom is 0.264 e. The molecule has 43 heavy (non-hydrogen) atoms. The largest absolute Gasteiger partial charge is 0.357 e. The van der Waals surface area contributed by atoms with Crippen LogP contribution in [-0.4, -0.2) is 44.8 Å². The van der Waals surface area contributed by atoms with E-state index in [9.17, 15) is 18.0 Å². The van der Waals surface area contributed by atoms with Crippen LogP contribution in [0, 0.1) is 6.92 Å². The Bertz CT molecular complexity index is 1700. The Morgan fingerprint density at radius 2 is 1.53 bits per heavy atom. The summed E-state index contributed by atoms with van der Waals surface area (Å²) < 4.78 is 29.9. The highest BCUT2D eigenvalue weighted by Crippen LogP contribution is 2.31. The molecule has 0 aliphatic heterocycles. The van der Waals surface area contributed by atoms with Gasteiger partial charge in [0.05, 0.1) is 20.6 Å². The van der Waals surface area contributed by atoms with Crippen molar-refractivity contribution in [2.45, 2.75) is 30.8 Å². The van der Waals surface area contributed by atoms with Gasteiger partial charge in [-0.3, -0.25) is 13.9 Å². The number of nitrogens with zero attached hydrogens (tertiary/aromatic N) is 2. The Morgan fingerprint density at radius 3 is 2.16 bits per heavy atom. The zero-order chi connectivity index (χ0) is 31.1. The number of hydrogen-bond donors (Lipinski definition) is 1. The topological polar surface area (TPSA) is 86.8 Å². The fourth-order valence-electron chi connectivity index (χ4n) is 4.56. The number of aryl methyl sites for hydroxylation is 1. The van der Waals surface area contributed by atoms with Gasteiger partial charge in [0, 0.05) is 24.5 Å². The molecule has 1 atom stereocenters. The minimum absolute atomic E-state index is 0.00245. The molecule has 224 valence electrons. The summed E-state index contributed by atoms with van der Waals surface area (Å²) in [4.78, 5) is 29.1. The molecule has 4 aromatic rings. The first-order valence-electron chi connectivity index (χ1n) is 13.3. The Kier molecular flexibility index (Phi) is 10.9. The summed E-state index contributed by atoms with van der Waals surface area (Å²) in [6.45, 7) is 1.32. The van der Waals surface area contributed by atoms with Gasteiger partial charge < -0.3 is 10.2 Å². The number of carbonyl (C=O) groups is 2. The van der Waals surface area contributed by atoms with Crippen LogP contribution in [0.5, 0.6) is 0 Å². The molecule has 2 amide bonds. The van der Waals surface area contributed by atoms with Gasteiger partial charge in [0.25, 0.3) is 10.0 Å². The summed E-state index contributed by atoms with van der Waals surface area (Å²) >= 11 is 15.9. The first-order valence-corrected chi connectivity index (χ1v) is 16.3. The van der Waals surface area contributed by atoms with Crippen molar-refractivity contribution in [1.82, 2.24) is 10.2 Å². The molecule has 1 N–H and O–H groups in total. The summed E-state index contributed by atoms with van der Waals surface area (Å²) in [5.41, 5.74) is 2.64. The van der Waals surface area contributed by atoms with Crippen molar-refractivity contribution in [2.75, 3.05) is 17.9 Å². The van der Waals surface area contributed by atoms with E-state index in [1.807, 2.05) is 61.5 Å². The summed E-state index contributed by atoms with van der Waals surface area (Å²) in [6.07, 6.45) is 0.220. The van der Waals surface area contributed by atoms with E-state index in [4.69, 9.17) is 23.2 Å². The number of carbonyl (C=O) groups excluding carboxylic acids is 2. The molecule has 4 aromatic carbocycles. The molecule has 0 aliphatic carbocycles. The number of rotatable bonds is 11. The van der Waals surface area contributed by atoms with Gasteiger partial charge in [-0.2, -0.15) is 0 Å². The van der Waals surface area contributed by atoms with Crippen molar-refractivity contribution in [1.29, 1.82) is 0 Å². The first-order chi connectivity index (χ1) is 20.5. The molecule has 0 spiro atoms. The number of nitrogens with one attached hydrogen (secondary N) is 1. The summed E-state index contributed by atoms with van der Waals surface area (Å²) in [6, 6.07) is 26.5. The summed E-state index contributed by atoms with van der Waals surface area (Å²) in [7, 11) is -2.74. The second-order valence-electron chi connectivity index (χ2n) is 9.89. The molecule has 11 heteroatoms. The van der Waals surface area contributed by atoms with Crippen molar-refractivity contribution in [3.05, 3.63) is 128 Å². The molecule has 0 aliphatic rings. The van der Waals surface area contributed by atoms with Crippen molar-refractivity contribution < 1.29 is 18.0 Å². The monoisotopic (exact) mass is 701 g/mol. The molecule has 0 unspecified atom stereocenters. The third-order valence-corrected chi connectivity index (χ3v) is 9.86. The van der Waals surface area contributed by atoms with E-state index >= 15 is 0 Å². The molecule has 0 heterocycles. The van der Waals surface area contributed by atoms with Crippen molar-refractivity contribution in [2.24, 2.45) is 0 Å². The van der Waals surface area contributed by atoms with E-state index < -0.39 is 28.5 Å². The minimum atomic E-state index is -4.24. The number of likely N-dealkylation sites (N-methyl/N-ethyl adjacent to an activating group) is 1. The average Bonchev–Trinajstić information content (AvgIpc) is 2.99. The normalized spacial score (nSPS) is 11.9. The second-order valence-corrected chi connectivity index (χ2v) is 13.5. The highest BCUT2D eigenvalue weighted by molar-refractivity contribution is 9.10. The number of anilines is 1. The maximum atomic E-state index is 14.3.